The first-order chi connectivity index (χ1) is 14.0. The molecule has 1 aliphatic rings. The molecule has 160 valence electrons. The van der Waals surface area contributed by atoms with E-state index in [1.807, 2.05) is 42.2 Å². The van der Waals surface area contributed by atoms with Crippen molar-refractivity contribution in [2.24, 2.45) is 5.16 Å². The molecule has 2 aromatic carbocycles. The summed E-state index contributed by atoms with van der Waals surface area (Å²) in [5.41, 5.74) is 3.92. The van der Waals surface area contributed by atoms with Crippen molar-refractivity contribution in [1.82, 2.24) is 4.90 Å². The topological polar surface area (TPSA) is 62.1 Å². The van der Waals surface area contributed by atoms with E-state index < -0.39 is 5.97 Å². The Balaban J connectivity index is 0.00000320. The van der Waals surface area contributed by atoms with Crippen LogP contribution in [0.3, 0.4) is 0 Å². The van der Waals surface area contributed by atoms with Gasteiger partial charge >= 0.3 is 5.97 Å². The van der Waals surface area contributed by atoms with Crippen LogP contribution < -0.4 is 0 Å². The van der Waals surface area contributed by atoms with Gasteiger partial charge in [0.15, 0.2) is 0 Å². The van der Waals surface area contributed by atoms with Crippen molar-refractivity contribution < 1.29 is 14.7 Å². The predicted molar refractivity (Wildman–Crippen MR) is 123 cm³/mol. The first kappa shape index (κ1) is 24.2. The number of nitrogens with zero attached hydrogens (tertiary/aromatic N) is 2. The van der Waals surface area contributed by atoms with Crippen molar-refractivity contribution in [3.8, 4) is 0 Å². The third-order valence-electron chi connectivity index (χ3n) is 4.75. The molecule has 0 aromatic heterocycles. The Morgan fingerprint density at radius 2 is 1.97 bits per heavy atom. The summed E-state index contributed by atoms with van der Waals surface area (Å²) in [7, 11) is 0. The molecule has 0 unspecified atom stereocenters. The molecule has 0 amide bonds. The van der Waals surface area contributed by atoms with Gasteiger partial charge in [-0.15, -0.1) is 12.4 Å². The molecule has 2 aromatic rings. The van der Waals surface area contributed by atoms with E-state index in [1.165, 1.54) is 0 Å². The van der Waals surface area contributed by atoms with Gasteiger partial charge in [-0.2, -0.15) is 0 Å². The van der Waals surface area contributed by atoms with Gasteiger partial charge in [0.2, 0.25) is 0 Å². The Morgan fingerprint density at radius 3 is 2.67 bits per heavy atom. The summed E-state index contributed by atoms with van der Waals surface area (Å²) in [6, 6.07) is 13.3. The molecule has 0 bridgehead atoms. The van der Waals surface area contributed by atoms with Crippen LogP contribution in [0.5, 0.6) is 0 Å². The monoisotopic (exact) mass is 468 g/mol. The van der Waals surface area contributed by atoms with Gasteiger partial charge in [0.05, 0.1) is 10.0 Å². The van der Waals surface area contributed by atoms with Crippen LogP contribution in [0.4, 0.5) is 0 Å². The van der Waals surface area contributed by atoms with E-state index in [1.54, 1.807) is 18.2 Å². The summed E-state index contributed by atoms with van der Waals surface area (Å²) >= 11 is 12.3. The second-order valence-electron chi connectivity index (χ2n) is 6.82. The number of hydrogen-bond donors (Lipinski definition) is 1. The molecule has 30 heavy (non-hydrogen) atoms. The SMILES string of the molecule is Cc1ccccc1/C(=N\OCCN1CCC=C(C(=O)O)C1)c1ccc(Cl)c(Cl)c1.Cl. The highest BCUT2D eigenvalue weighted by atomic mass is 35.5. The number of aryl methyl sites for hydroxylation is 1. The number of halogens is 3. The van der Waals surface area contributed by atoms with Gasteiger partial charge in [0, 0.05) is 36.3 Å². The highest BCUT2D eigenvalue weighted by Crippen LogP contribution is 2.25. The summed E-state index contributed by atoms with van der Waals surface area (Å²) in [5.74, 6) is -0.866. The summed E-state index contributed by atoms with van der Waals surface area (Å²) in [6.45, 7) is 4.18. The van der Waals surface area contributed by atoms with Crippen molar-refractivity contribution in [3.63, 3.8) is 0 Å². The zero-order valence-corrected chi connectivity index (χ0v) is 18.8. The normalized spacial score (nSPS) is 14.6. The second kappa shape index (κ2) is 11.4. The first-order valence-electron chi connectivity index (χ1n) is 9.32. The highest BCUT2D eigenvalue weighted by molar-refractivity contribution is 6.42. The number of carbonyl (C=O) groups is 1. The third kappa shape index (κ3) is 6.22. The third-order valence-corrected chi connectivity index (χ3v) is 5.49. The molecule has 0 spiro atoms. The number of rotatable bonds is 7. The lowest BCUT2D eigenvalue weighted by Gasteiger charge is -2.24. The molecule has 0 atom stereocenters. The van der Waals surface area contributed by atoms with E-state index in [2.05, 4.69) is 5.16 Å². The fourth-order valence-electron chi connectivity index (χ4n) is 3.17. The van der Waals surface area contributed by atoms with E-state index in [0.29, 0.717) is 41.0 Å². The van der Waals surface area contributed by atoms with Crippen LogP contribution >= 0.6 is 35.6 Å². The fraction of sp³-hybridized carbons (Fsp3) is 0.273. The van der Waals surface area contributed by atoms with Crippen molar-refractivity contribution in [1.29, 1.82) is 0 Å². The van der Waals surface area contributed by atoms with Gasteiger partial charge in [-0.05, 0) is 31.0 Å². The zero-order valence-electron chi connectivity index (χ0n) is 16.5. The minimum atomic E-state index is -0.866. The second-order valence-corrected chi connectivity index (χ2v) is 7.63. The van der Waals surface area contributed by atoms with Gasteiger partial charge < -0.3 is 9.94 Å². The molecule has 0 radical (unpaired) electrons. The predicted octanol–water partition coefficient (Wildman–Crippen LogP) is 5.21. The maximum Gasteiger partial charge on any atom is 0.332 e. The Labute approximate surface area is 192 Å². The van der Waals surface area contributed by atoms with Gasteiger partial charge in [0.1, 0.15) is 12.3 Å². The van der Waals surface area contributed by atoms with E-state index in [-0.39, 0.29) is 12.4 Å². The molecule has 0 aliphatic carbocycles. The van der Waals surface area contributed by atoms with Crippen molar-refractivity contribution in [2.75, 3.05) is 26.2 Å². The first-order valence-corrected chi connectivity index (χ1v) is 10.1. The van der Waals surface area contributed by atoms with Crippen LogP contribution in [0.1, 0.15) is 23.1 Å². The molecule has 1 aliphatic heterocycles. The lowest BCUT2D eigenvalue weighted by atomic mass is 9.98. The Hall–Kier alpha value is -2.05. The molecular formula is C22H23Cl3N2O3. The van der Waals surface area contributed by atoms with E-state index in [9.17, 15) is 4.79 Å². The average molecular weight is 470 g/mol. The van der Waals surface area contributed by atoms with Crippen LogP contribution in [0, 0.1) is 6.92 Å². The molecule has 3 rings (SSSR count). The minimum Gasteiger partial charge on any atom is -0.478 e. The van der Waals surface area contributed by atoms with E-state index in [4.69, 9.17) is 33.1 Å². The number of carboxylic acid groups (broad SMARTS) is 1. The quantitative estimate of drug-likeness (QED) is 0.343. The fourth-order valence-corrected chi connectivity index (χ4v) is 3.47. The lowest BCUT2D eigenvalue weighted by molar-refractivity contribution is -0.133. The molecule has 0 fully saturated rings. The van der Waals surface area contributed by atoms with Crippen LogP contribution in [-0.4, -0.2) is 47.9 Å². The summed E-state index contributed by atoms with van der Waals surface area (Å²) in [5, 5.41) is 14.5. The number of benzene rings is 2. The molecule has 1 N–H and O–H groups in total. The van der Waals surface area contributed by atoms with Gasteiger partial charge in [-0.3, -0.25) is 4.90 Å². The maximum atomic E-state index is 11.1. The average Bonchev–Trinajstić information content (AvgIpc) is 2.71. The van der Waals surface area contributed by atoms with Crippen LogP contribution in [-0.2, 0) is 9.63 Å². The zero-order chi connectivity index (χ0) is 20.8. The van der Waals surface area contributed by atoms with Crippen molar-refractivity contribution in [3.05, 3.63) is 80.8 Å². The highest BCUT2D eigenvalue weighted by Gasteiger charge is 2.17. The summed E-state index contributed by atoms with van der Waals surface area (Å²) < 4.78 is 0. The standard InChI is InChI=1S/C22H22Cl2N2O3.ClH/c1-15-5-2-3-7-18(15)21(16-8-9-19(23)20(24)13-16)25-29-12-11-26-10-4-6-17(14-26)22(27)28;/h2-3,5-9,13H,4,10-12,14H2,1H3,(H,27,28);1H/b25-21-;. The largest absolute Gasteiger partial charge is 0.478 e. The Kier molecular flexibility index (Phi) is 9.18. The smallest absolute Gasteiger partial charge is 0.332 e. The van der Waals surface area contributed by atoms with Crippen LogP contribution in [0.2, 0.25) is 10.0 Å². The molecule has 0 saturated heterocycles. The van der Waals surface area contributed by atoms with Gasteiger partial charge in [-0.1, -0.05) is 64.8 Å². The van der Waals surface area contributed by atoms with Gasteiger partial charge in [-0.25, -0.2) is 4.79 Å². The number of carboxylic acids is 1. The summed E-state index contributed by atoms with van der Waals surface area (Å²) in [4.78, 5) is 18.8. The molecule has 1 heterocycles. The van der Waals surface area contributed by atoms with E-state index in [0.717, 1.165) is 29.7 Å². The number of hydrogen-bond acceptors (Lipinski definition) is 4. The van der Waals surface area contributed by atoms with Crippen molar-refractivity contribution >= 4 is 47.3 Å². The van der Waals surface area contributed by atoms with Crippen LogP contribution in [0.15, 0.2) is 59.3 Å². The van der Waals surface area contributed by atoms with E-state index >= 15 is 0 Å². The number of oxime groups is 1. The minimum absolute atomic E-state index is 0. The molecule has 8 heteroatoms. The maximum absolute atomic E-state index is 11.1. The summed E-state index contributed by atoms with van der Waals surface area (Å²) in [6.07, 6.45) is 2.50. The molecular weight excluding hydrogens is 447 g/mol. The number of aliphatic carboxylic acids is 1. The Morgan fingerprint density at radius 1 is 1.20 bits per heavy atom. The van der Waals surface area contributed by atoms with Crippen molar-refractivity contribution in [2.45, 2.75) is 13.3 Å². The lowest BCUT2D eigenvalue weighted by Crippen LogP contribution is -2.34. The van der Waals surface area contributed by atoms with Crippen LogP contribution in [0.25, 0.3) is 0 Å². The molecule has 5 nitrogen and oxygen atoms in total. The Bertz CT molecular complexity index is 960. The molecule has 0 saturated carbocycles. The van der Waals surface area contributed by atoms with Gasteiger partial charge in [0.25, 0.3) is 0 Å².